The molecule has 8 nitrogen and oxygen atoms in total. The molecule has 2 N–H and O–H groups in total. The number of aliphatic carboxylic acids is 1. The van der Waals surface area contributed by atoms with Crippen molar-refractivity contribution in [2.24, 2.45) is 0 Å². The van der Waals surface area contributed by atoms with Crippen LogP contribution in [0.25, 0.3) is 11.0 Å². The molecule has 1 heterocycles. The summed E-state index contributed by atoms with van der Waals surface area (Å²) < 4.78 is 24.6. The SMILES string of the molecule is C[C@H](NC(=O)Cn1c(CS(C)(=O)=O)nc2ccccc21)C(=O)O. The molecule has 1 atom stereocenters. The number of fused-ring (bicyclic) bond motifs is 1. The normalized spacial score (nSPS) is 13.0. The summed E-state index contributed by atoms with van der Waals surface area (Å²) in [6.07, 6.45) is 1.09. The van der Waals surface area contributed by atoms with Crippen molar-refractivity contribution < 1.29 is 23.1 Å². The standard InChI is InChI=1S/C14H17N3O5S/c1-9(14(19)20)15-13(18)7-17-11-6-4-3-5-10(11)16-12(17)8-23(2,21)22/h3-6,9H,7-8H2,1-2H3,(H,15,18)(H,19,20)/t9-/m0/s1. The number of aromatic nitrogens is 2. The van der Waals surface area contributed by atoms with Gasteiger partial charge in [-0.25, -0.2) is 13.4 Å². The maximum absolute atomic E-state index is 12.0. The van der Waals surface area contributed by atoms with Crippen molar-refractivity contribution in [1.29, 1.82) is 0 Å². The lowest BCUT2D eigenvalue weighted by Crippen LogP contribution is -2.40. The predicted molar refractivity (Wildman–Crippen MR) is 83.5 cm³/mol. The first kappa shape index (κ1) is 16.9. The number of para-hydroxylation sites is 2. The van der Waals surface area contributed by atoms with Crippen molar-refractivity contribution in [1.82, 2.24) is 14.9 Å². The van der Waals surface area contributed by atoms with Crippen LogP contribution in [-0.2, 0) is 31.7 Å². The molecule has 124 valence electrons. The van der Waals surface area contributed by atoms with Crippen LogP contribution in [0.5, 0.6) is 0 Å². The van der Waals surface area contributed by atoms with E-state index in [-0.39, 0.29) is 18.1 Å². The lowest BCUT2D eigenvalue weighted by Gasteiger charge is -2.12. The van der Waals surface area contributed by atoms with Gasteiger partial charge in [0.1, 0.15) is 24.2 Å². The van der Waals surface area contributed by atoms with E-state index in [0.717, 1.165) is 6.26 Å². The third kappa shape index (κ3) is 4.28. The lowest BCUT2D eigenvalue weighted by atomic mass is 10.3. The summed E-state index contributed by atoms with van der Waals surface area (Å²) in [7, 11) is -3.33. The van der Waals surface area contributed by atoms with E-state index in [1.54, 1.807) is 24.3 Å². The largest absolute Gasteiger partial charge is 0.480 e. The summed E-state index contributed by atoms with van der Waals surface area (Å²) in [6, 6.07) is 5.92. The Bertz CT molecular complexity index is 856. The highest BCUT2D eigenvalue weighted by molar-refractivity contribution is 7.89. The van der Waals surface area contributed by atoms with Gasteiger partial charge in [0.2, 0.25) is 5.91 Å². The van der Waals surface area contributed by atoms with Crippen LogP contribution in [0.15, 0.2) is 24.3 Å². The van der Waals surface area contributed by atoms with Crippen LogP contribution in [0.3, 0.4) is 0 Å². The van der Waals surface area contributed by atoms with Gasteiger partial charge >= 0.3 is 5.97 Å². The van der Waals surface area contributed by atoms with Crippen molar-refractivity contribution in [2.45, 2.75) is 25.3 Å². The van der Waals surface area contributed by atoms with Gasteiger partial charge in [0.05, 0.1) is 11.0 Å². The minimum Gasteiger partial charge on any atom is -0.480 e. The Hall–Kier alpha value is -2.42. The molecule has 23 heavy (non-hydrogen) atoms. The molecule has 0 radical (unpaired) electrons. The van der Waals surface area contributed by atoms with E-state index < -0.39 is 27.8 Å². The third-order valence-electron chi connectivity index (χ3n) is 3.17. The fraction of sp³-hybridized carbons (Fsp3) is 0.357. The summed E-state index contributed by atoms with van der Waals surface area (Å²) in [5.74, 6) is -1.74. The maximum atomic E-state index is 12.0. The Morgan fingerprint density at radius 2 is 2.00 bits per heavy atom. The van der Waals surface area contributed by atoms with E-state index in [4.69, 9.17) is 5.11 Å². The highest BCUT2D eigenvalue weighted by atomic mass is 32.2. The number of nitrogens with zero attached hydrogens (tertiary/aromatic N) is 2. The second-order valence-corrected chi connectivity index (χ2v) is 7.44. The number of hydrogen-bond acceptors (Lipinski definition) is 5. The molecule has 2 rings (SSSR count). The Kier molecular flexibility index (Phi) is 4.69. The van der Waals surface area contributed by atoms with Crippen LogP contribution in [0, 0.1) is 0 Å². The first-order valence-electron chi connectivity index (χ1n) is 6.81. The molecule has 1 aromatic heterocycles. The van der Waals surface area contributed by atoms with Crippen LogP contribution >= 0.6 is 0 Å². The number of rotatable bonds is 6. The van der Waals surface area contributed by atoms with Crippen molar-refractivity contribution in [3.05, 3.63) is 30.1 Å². The van der Waals surface area contributed by atoms with Gasteiger partial charge in [-0.15, -0.1) is 0 Å². The third-order valence-corrected chi connectivity index (χ3v) is 3.96. The first-order chi connectivity index (χ1) is 10.7. The number of carboxylic acid groups (broad SMARTS) is 1. The van der Waals surface area contributed by atoms with Gasteiger partial charge in [-0.1, -0.05) is 12.1 Å². The molecular weight excluding hydrogens is 322 g/mol. The van der Waals surface area contributed by atoms with Gasteiger partial charge in [0.25, 0.3) is 0 Å². The van der Waals surface area contributed by atoms with Crippen LogP contribution in [0.1, 0.15) is 12.7 Å². The summed E-state index contributed by atoms with van der Waals surface area (Å²) in [5.41, 5.74) is 1.19. The molecule has 0 saturated carbocycles. The molecule has 0 saturated heterocycles. The zero-order valence-corrected chi connectivity index (χ0v) is 13.5. The Morgan fingerprint density at radius 3 is 2.61 bits per heavy atom. The minimum absolute atomic E-state index is 0.205. The predicted octanol–water partition coefficient (Wildman–Crippen LogP) is 0.170. The molecule has 0 aliphatic rings. The zero-order valence-electron chi connectivity index (χ0n) is 12.7. The highest BCUT2D eigenvalue weighted by Crippen LogP contribution is 2.17. The average Bonchev–Trinajstić information content (AvgIpc) is 2.74. The van der Waals surface area contributed by atoms with E-state index in [1.165, 1.54) is 11.5 Å². The van der Waals surface area contributed by atoms with E-state index in [9.17, 15) is 18.0 Å². The zero-order chi connectivity index (χ0) is 17.2. The number of carbonyl (C=O) groups is 2. The van der Waals surface area contributed by atoms with Crippen LogP contribution in [-0.4, -0.2) is 47.2 Å². The van der Waals surface area contributed by atoms with E-state index in [0.29, 0.717) is 11.0 Å². The molecule has 2 aromatic rings. The van der Waals surface area contributed by atoms with Crippen molar-refractivity contribution in [3.8, 4) is 0 Å². The number of hydrogen-bond donors (Lipinski definition) is 2. The van der Waals surface area contributed by atoms with Crippen LogP contribution < -0.4 is 5.32 Å². The summed E-state index contributed by atoms with van der Waals surface area (Å²) in [4.78, 5) is 27.1. The van der Waals surface area contributed by atoms with Gasteiger partial charge in [-0.05, 0) is 19.1 Å². The van der Waals surface area contributed by atoms with Crippen LogP contribution in [0.4, 0.5) is 0 Å². The number of imidazole rings is 1. The average molecular weight is 339 g/mol. The lowest BCUT2D eigenvalue weighted by molar-refractivity contribution is -0.141. The molecule has 0 aliphatic carbocycles. The molecule has 9 heteroatoms. The summed E-state index contributed by atoms with van der Waals surface area (Å²) in [6.45, 7) is 1.15. The van der Waals surface area contributed by atoms with Gasteiger partial charge in [0, 0.05) is 6.26 Å². The number of carbonyl (C=O) groups excluding carboxylic acids is 1. The number of sulfone groups is 1. The number of amides is 1. The minimum atomic E-state index is -3.33. The number of benzene rings is 1. The van der Waals surface area contributed by atoms with E-state index in [2.05, 4.69) is 10.3 Å². The monoisotopic (exact) mass is 339 g/mol. The molecule has 0 bridgehead atoms. The molecular formula is C14H17N3O5S. The Morgan fingerprint density at radius 1 is 1.35 bits per heavy atom. The molecule has 0 fully saturated rings. The Labute approximate surface area is 133 Å². The van der Waals surface area contributed by atoms with Crippen molar-refractivity contribution >= 4 is 32.7 Å². The van der Waals surface area contributed by atoms with Gasteiger partial charge in [0.15, 0.2) is 9.84 Å². The quantitative estimate of drug-likeness (QED) is 0.774. The highest BCUT2D eigenvalue weighted by Gasteiger charge is 2.19. The summed E-state index contributed by atoms with van der Waals surface area (Å²) in [5, 5.41) is 11.2. The van der Waals surface area contributed by atoms with Crippen LogP contribution in [0.2, 0.25) is 0 Å². The number of nitrogens with one attached hydrogen (secondary N) is 1. The first-order valence-corrected chi connectivity index (χ1v) is 8.87. The van der Waals surface area contributed by atoms with Gasteiger partial charge in [-0.3, -0.25) is 9.59 Å². The smallest absolute Gasteiger partial charge is 0.325 e. The fourth-order valence-corrected chi connectivity index (χ4v) is 2.83. The van der Waals surface area contributed by atoms with E-state index >= 15 is 0 Å². The van der Waals surface area contributed by atoms with Gasteiger partial charge < -0.3 is 15.0 Å². The second-order valence-electron chi connectivity index (χ2n) is 5.30. The van der Waals surface area contributed by atoms with Crippen molar-refractivity contribution in [3.63, 3.8) is 0 Å². The molecule has 1 aromatic carbocycles. The molecule has 1 amide bonds. The molecule has 0 spiro atoms. The molecule has 0 aliphatic heterocycles. The maximum Gasteiger partial charge on any atom is 0.325 e. The number of carboxylic acids is 1. The summed E-state index contributed by atoms with van der Waals surface area (Å²) >= 11 is 0. The molecule has 0 unspecified atom stereocenters. The van der Waals surface area contributed by atoms with E-state index in [1.807, 2.05) is 0 Å². The fourth-order valence-electron chi connectivity index (χ4n) is 2.14. The topological polar surface area (TPSA) is 118 Å². The Balaban J connectivity index is 2.35. The van der Waals surface area contributed by atoms with Crippen molar-refractivity contribution in [2.75, 3.05) is 6.26 Å². The van der Waals surface area contributed by atoms with Gasteiger partial charge in [-0.2, -0.15) is 0 Å². The second kappa shape index (κ2) is 6.37.